The van der Waals surface area contributed by atoms with Crippen molar-refractivity contribution >= 4 is 28.6 Å². The van der Waals surface area contributed by atoms with E-state index in [1.165, 1.54) is 34.5 Å². The molecular formula is C34H35ClN4OS. The summed E-state index contributed by atoms with van der Waals surface area (Å²) >= 11 is 7.69. The summed E-state index contributed by atoms with van der Waals surface area (Å²) in [7, 11) is 0. The van der Waals surface area contributed by atoms with Gasteiger partial charge in [0.2, 0.25) is 0 Å². The molecule has 1 saturated heterocycles. The van der Waals surface area contributed by atoms with Crippen LogP contribution in [0, 0.1) is 5.92 Å². The number of nitrogens with zero attached hydrogens (tertiary/aromatic N) is 3. The summed E-state index contributed by atoms with van der Waals surface area (Å²) in [5, 5.41) is 7.04. The Morgan fingerprint density at radius 2 is 1.76 bits per heavy atom. The number of halogens is 1. The van der Waals surface area contributed by atoms with Crippen molar-refractivity contribution in [2.24, 2.45) is 5.92 Å². The maximum atomic E-state index is 14.7. The lowest BCUT2D eigenvalue weighted by atomic mass is 9.70. The first-order valence-electron chi connectivity index (χ1n) is 14.9. The number of benzene rings is 2. The third kappa shape index (κ3) is 4.57. The molecule has 3 heterocycles. The van der Waals surface area contributed by atoms with E-state index in [1.807, 2.05) is 24.3 Å². The average Bonchev–Trinajstić information content (AvgIpc) is 3.48. The third-order valence-corrected chi connectivity index (χ3v) is 10.2. The van der Waals surface area contributed by atoms with E-state index in [0.717, 1.165) is 73.8 Å². The van der Waals surface area contributed by atoms with E-state index >= 15 is 0 Å². The maximum Gasteiger partial charge on any atom is 0.265 e. The first kappa shape index (κ1) is 26.7. The maximum absolute atomic E-state index is 14.7. The number of allylic oxidation sites excluding steroid dienone is 1. The Hall–Kier alpha value is -3.19. The topological polar surface area (TPSA) is 50.2 Å². The van der Waals surface area contributed by atoms with Crippen LogP contribution in [0.4, 0.5) is 0 Å². The molecule has 1 unspecified atom stereocenters. The highest BCUT2D eigenvalue weighted by molar-refractivity contribution is 7.13. The van der Waals surface area contributed by atoms with Crippen molar-refractivity contribution in [1.82, 2.24) is 19.8 Å². The smallest absolute Gasteiger partial charge is 0.265 e. The van der Waals surface area contributed by atoms with Crippen molar-refractivity contribution in [2.45, 2.75) is 46.0 Å². The Kier molecular flexibility index (Phi) is 7.10. The second-order valence-electron chi connectivity index (χ2n) is 11.3. The van der Waals surface area contributed by atoms with Crippen LogP contribution < -0.4 is 10.9 Å². The van der Waals surface area contributed by atoms with Gasteiger partial charge in [-0.2, -0.15) is 0 Å². The summed E-state index contributed by atoms with van der Waals surface area (Å²) in [6.45, 7) is 8.33. The highest BCUT2D eigenvalue weighted by Crippen LogP contribution is 2.48. The van der Waals surface area contributed by atoms with Crippen molar-refractivity contribution < 1.29 is 0 Å². The number of piperazine rings is 1. The van der Waals surface area contributed by atoms with Crippen molar-refractivity contribution in [3.63, 3.8) is 0 Å². The van der Waals surface area contributed by atoms with Gasteiger partial charge in [-0.05, 0) is 72.9 Å². The predicted molar refractivity (Wildman–Crippen MR) is 170 cm³/mol. The molecule has 1 N–H and O–H groups in total. The van der Waals surface area contributed by atoms with Crippen molar-refractivity contribution in [1.29, 1.82) is 0 Å². The molecule has 210 valence electrons. The fourth-order valence-corrected chi connectivity index (χ4v) is 7.76. The Morgan fingerprint density at radius 3 is 2.41 bits per heavy atom. The highest BCUT2D eigenvalue weighted by atomic mass is 35.5. The summed E-state index contributed by atoms with van der Waals surface area (Å²) in [5.41, 5.74) is 11.5. The zero-order valence-electron chi connectivity index (χ0n) is 23.7. The van der Waals surface area contributed by atoms with Gasteiger partial charge in [-0.3, -0.25) is 9.36 Å². The van der Waals surface area contributed by atoms with E-state index in [-0.39, 0.29) is 5.56 Å². The predicted octanol–water partition coefficient (Wildman–Crippen LogP) is 6.99. The van der Waals surface area contributed by atoms with Gasteiger partial charge < -0.3 is 10.2 Å². The quantitative estimate of drug-likeness (QED) is 0.266. The number of hydrogen-bond acceptors (Lipinski definition) is 5. The van der Waals surface area contributed by atoms with Crippen LogP contribution in [0.2, 0.25) is 5.02 Å². The van der Waals surface area contributed by atoms with Gasteiger partial charge in [0.25, 0.3) is 5.56 Å². The number of hydrogen-bond donors (Lipinski definition) is 1. The van der Waals surface area contributed by atoms with E-state index in [2.05, 4.69) is 58.3 Å². The minimum absolute atomic E-state index is 0.0405. The molecule has 2 fully saturated rings. The molecule has 0 radical (unpaired) electrons. The van der Waals surface area contributed by atoms with Crippen molar-refractivity contribution in [3.05, 3.63) is 97.2 Å². The second kappa shape index (κ2) is 10.9. The van der Waals surface area contributed by atoms with Crippen LogP contribution in [0.25, 0.3) is 33.2 Å². The van der Waals surface area contributed by atoms with E-state index in [1.54, 1.807) is 16.9 Å². The van der Waals surface area contributed by atoms with Crippen LogP contribution in [0.5, 0.6) is 0 Å². The van der Waals surface area contributed by atoms with Crippen LogP contribution in [0.15, 0.2) is 64.3 Å². The molecule has 4 aromatic rings. The molecule has 5 nitrogen and oxygen atoms in total. The number of pyridine rings is 1. The van der Waals surface area contributed by atoms with Crippen molar-refractivity contribution in [3.8, 4) is 27.5 Å². The van der Waals surface area contributed by atoms with Gasteiger partial charge in [-0.15, -0.1) is 11.3 Å². The van der Waals surface area contributed by atoms with Gasteiger partial charge in [0.05, 0.1) is 16.9 Å². The van der Waals surface area contributed by atoms with Crippen molar-refractivity contribution in [2.75, 3.05) is 26.2 Å². The van der Waals surface area contributed by atoms with Gasteiger partial charge >= 0.3 is 0 Å². The lowest BCUT2D eigenvalue weighted by Crippen LogP contribution is -2.45. The zero-order valence-corrected chi connectivity index (χ0v) is 25.2. The van der Waals surface area contributed by atoms with Crippen LogP contribution in [0.3, 0.4) is 0 Å². The highest BCUT2D eigenvalue weighted by Gasteiger charge is 2.38. The number of para-hydroxylation sites is 1. The summed E-state index contributed by atoms with van der Waals surface area (Å²) in [4.78, 5) is 22.3. The van der Waals surface area contributed by atoms with E-state index in [0.29, 0.717) is 16.5 Å². The van der Waals surface area contributed by atoms with Gasteiger partial charge in [0.1, 0.15) is 5.01 Å². The largest absolute Gasteiger partial charge is 0.368 e. The van der Waals surface area contributed by atoms with Crippen LogP contribution in [-0.4, -0.2) is 40.6 Å². The lowest BCUT2D eigenvalue weighted by Gasteiger charge is -2.44. The van der Waals surface area contributed by atoms with Gasteiger partial charge in [0, 0.05) is 59.1 Å². The number of aromatic nitrogens is 2. The summed E-state index contributed by atoms with van der Waals surface area (Å²) in [5.74, 6) is 0.527. The molecule has 1 saturated carbocycles. The Labute approximate surface area is 250 Å². The molecule has 2 aromatic heterocycles. The summed E-state index contributed by atoms with van der Waals surface area (Å²) < 4.78 is 2.10. The van der Waals surface area contributed by atoms with Gasteiger partial charge in [-0.1, -0.05) is 55.8 Å². The van der Waals surface area contributed by atoms with E-state index < -0.39 is 0 Å². The molecule has 41 heavy (non-hydrogen) atoms. The minimum atomic E-state index is 0.0405. The SMILES string of the molecule is CCc1cccc(CC)c1-n1c2c(cc(-c3nc(-c4ccc(Cl)cc4)cs3)c1=O)C(N1CCNCC1)=C1CCC1C2. The molecule has 7 heteroatoms. The number of aryl methyl sites for hydroxylation is 2. The lowest BCUT2D eigenvalue weighted by molar-refractivity contribution is 0.321. The number of fused-ring (bicyclic) bond motifs is 2. The van der Waals surface area contributed by atoms with Crippen LogP contribution >= 0.6 is 22.9 Å². The molecule has 0 bridgehead atoms. The fraction of sp³-hybridized carbons (Fsp3) is 0.353. The van der Waals surface area contributed by atoms with Crippen LogP contribution in [-0.2, 0) is 19.3 Å². The second-order valence-corrected chi connectivity index (χ2v) is 12.6. The third-order valence-electron chi connectivity index (χ3n) is 9.05. The molecule has 3 aliphatic rings. The Bertz CT molecular complexity index is 1690. The van der Waals surface area contributed by atoms with Gasteiger partial charge in [0.15, 0.2) is 0 Å². The Balaban J connectivity index is 1.49. The molecule has 1 atom stereocenters. The minimum Gasteiger partial charge on any atom is -0.368 e. The molecule has 2 aromatic carbocycles. The first-order valence-corrected chi connectivity index (χ1v) is 16.1. The standard InChI is InChI=1S/C34H35ClN4OS/c1-3-21-6-5-7-22(4-2)31(21)39-30-18-24-10-13-26(24)32(38-16-14-36-15-17-38)27(30)19-28(34(39)40)33-37-29(20-41-33)23-8-11-25(35)12-9-23/h5-9,11-12,19-20,24,36H,3-4,10,13-18H2,1-2H3. The normalized spacial score (nSPS) is 18.2. The monoisotopic (exact) mass is 582 g/mol. The number of thiazole rings is 1. The average molecular weight is 583 g/mol. The molecule has 1 aliphatic heterocycles. The molecule has 2 aliphatic carbocycles. The molecule has 0 amide bonds. The summed E-state index contributed by atoms with van der Waals surface area (Å²) in [6, 6.07) is 16.4. The summed E-state index contributed by atoms with van der Waals surface area (Å²) in [6.07, 6.45) is 5.03. The number of nitrogens with one attached hydrogen (secondary N) is 1. The molecule has 7 rings (SSSR count). The zero-order chi connectivity index (χ0) is 28.1. The first-order chi connectivity index (χ1) is 20.1. The molecular weight excluding hydrogens is 548 g/mol. The van der Waals surface area contributed by atoms with Crippen LogP contribution in [0.1, 0.15) is 49.1 Å². The Morgan fingerprint density at radius 1 is 1.02 bits per heavy atom. The van der Waals surface area contributed by atoms with Gasteiger partial charge in [-0.25, -0.2) is 4.98 Å². The molecule has 0 spiro atoms. The fourth-order valence-electron chi connectivity index (χ4n) is 6.80. The van der Waals surface area contributed by atoms with E-state index in [9.17, 15) is 4.79 Å². The van der Waals surface area contributed by atoms with E-state index in [4.69, 9.17) is 16.6 Å². The number of rotatable bonds is 6.